The smallest absolute Gasteiger partial charge is 0.408 e. The minimum atomic E-state index is -3.71. The van der Waals surface area contributed by atoms with Gasteiger partial charge in [0, 0.05) is 17.8 Å². The zero-order valence-electron chi connectivity index (χ0n) is 16.6. The Hall–Kier alpha value is -2.91. The van der Waals surface area contributed by atoms with Crippen LogP contribution in [0.15, 0.2) is 56.6 Å². The van der Waals surface area contributed by atoms with Gasteiger partial charge >= 0.3 is 5.76 Å². The first-order chi connectivity index (χ1) is 14.3. The van der Waals surface area contributed by atoms with Crippen molar-refractivity contribution < 1.29 is 17.6 Å². The van der Waals surface area contributed by atoms with Crippen LogP contribution >= 0.6 is 0 Å². The zero-order valence-corrected chi connectivity index (χ0v) is 17.4. The summed E-state index contributed by atoms with van der Waals surface area (Å²) >= 11 is 0. The number of anilines is 1. The molecule has 1 amide bonds. The molecule has 0 radical (unpaired) electrons. The van der Waals surface area contributed by atoms with Crippen LogP contribution in [0.2, 0.25) is 0 Å². The number of benzene rings is 2. The van der Waals surface area contributed by atoms with Crippen LogP contribution in [0.4, 0.5) is 5.69 Å². The largest absolute Gasteiger partial charge is 0.420 e. The van der Waals surface area contributed by atoms with E-state index in [-0.39, 0.29) is 29.0 Å². The first-order valence-corrected chi connectivity index (χ1v) is 11.3. The van der Waals surface area contributed by atoms with Crippen LogP contribution in [-0.4, -0.2) is 24.9 Å². The van der Waals surface area contributed by atoms with Gasteiger partial charge in [0.05, 0.1) is 10.4 Å². The van der Waals surface area contributed by atoms with E-state index in [1.54, 1.807) is 12.1 Å². The molecule has 0 bridgehead atoms. The van der Waals surface area contributed by atoms with Gasteiger partial charge in [0.2, 0.25) is 15.9 Å². The Morgan fingerprint density at radius 2 is 1.83 bits per heavy atom. The van der Waals surface area contributed by atoms with E-state index in [4.69, 9.17) is 4.42 Å². The molecule has 1 aliphatic carbocycles. The number of hydrogen-bond donors (Lipinski definition) is 2. The van der Waals surface area contributed by atoms with Crippen molar-refractivity contribution >= 4 is 32.7 Å². The van der Waals surface area contributed by atoms with Gasteiger partial charge in [-0.1, -0.05) is 30.5 Å². The van der Waals surface area contributed by atoms with Gasteiger partial charge in [-0.2, -0.15) is 0 Å². The predicted molar refractivity (Wildman–Crippen MR) is 113 cm³/mol. The number of aromatic nitrogens is 1. The second kappa shape index (κ2) is 8.08. The third-order valence-corrected chi connectivity index (χ3v) is 6.78. The fourth-order valence-corrected chi connectivity index (χ4v) is 5.00. The molecule has 0 saturated heterocycles. The maximum Gasteiger partial charge on any atom is 0.420 e. The standard InChI is InChI=1S/C21H23N3O5S/c1-14-6-8-15(9-7-14)22-20(25)13-24-18-11-10-17(12-19(18)29-21(24)26)30(27,28)23-16-4-2-3-5-16/h6-12,16,23H,2-5,13H2,1H3,(H,22,25). The van der Waals surface area contributed by atoms with Crippen LogP contribution in [0.5, 0.6) is 0 Å². The SMILES string of the molecule is Cc1ccc(NC(=O)Cn2c(=O)oc3cc(S(=O)(=O)NC4CCCC4)ccc32)cc1. The summed E-state index contributed by atoms with van der Waals surface area (Å²) in [4.78, 5) is 24.7. The monoisotopic (exact) mass is 429 g/mol. The van der Waals surface area contributed by atoms with Gasteiger partial charge < -0.3 is 9.73 Å². The summed E-state index contributed by atoms with van der Waals surface area (Å²) in [6, 6.07) is 11.5. The molecule has 4 rings (SSSR count). The second-order valence-electron chi connectivity index (χ2n) is 7.60. The lowest BCUT2D eigenvalue weighted by Gasteiger charge is -2.12. The van der Waals surface area contributed by atoms with E-state index in [2.05, 4.69) is 10.0 Å². The number of aryl methyl sites for hydroxylation is 1. The van der Waals surface area contributed by atoms with Gasteiger partial charge in [0.15, 0.2) is 5.58 Å². The number of sulfonamides is 1. The van der Waals surface area contributed by atoms with Gasteiger partial charge in [-0.15, -0.1) is 0 Å². The lowest BCUT2D eigenvalue weighted by molar-refractivity contribution is -0.116. The van der Waals surface area contributed by atoms with Gasteiger partial charge in [-0.05, 0) is 44.0 Å². The van der Waals surface area contributed by atoms with Crippen LogP contribution in [0.1, 0.15) is 31.2 Å². The maximum absolute atomic E-state index is 12.6. The number of nitrogens with zero attached hydrogens (tertiary/aromatic N) is 1. The summed E-state index contributed by atoms with van der Waals surface area (Å²) in [5.41, 5.74) is 2.17. The molecular formula is C21H23N3O5S. The number of carbonyl (C=O) groups excluding carboxylic acids is 1. The predicted octanol–water partition coefficient (Wildman–Crippen LogP) is 2.76. The molecule has 9 heteroatoms. The summed E-state index contributed by atoms with van der Waals surface area (Å²) in [5, 5.41) is 2.73. The molecule has 1 fully saturated rings. The highest BCUT2D eigenvalue weighted by molar-refractivity contribution is 7.89. The van der Waals surface area contributed by atoms with Crippen molar-refractivity contribution in [1.29, 1.82) is 0 Å². The minimum Gasteiger partial charge on any atom is -0.408 e. The van der Waals surface area contributed by atoms with E-state index in [0.29, 0.717) is 11.2 Å². The lowest BCUT2D eigenvalue weighted by atomic mass is 10.2. The van der Waals surface area contributed by atoms with E-state index in [9.17, 15) is 18.0 Å². The second-order valence-corrected chi connectivity index (χ2v) is 9.31. The number of hydrogen-bond acceptors (Lipinski definition) is 5. The highest BCUT2D eigenvalue weighted by Gasteiger charge is 2.24. The molecule has 1 heterocycles. The van der Waals surface area contributed by atoms with Crippen molar-refractivity contribution in [3.8, 4) is 0 Å². The summed E-state index contributed by atoms with van der Waals surface area (Å²) in [5.74, 6) is -1.11. The Balaban J connectivity index is 1.55. The summed E-state index contributed by atoms with van der Waals surface area (Å²) in [7, 11) is -3.71. The number of amides is 1. The molecule has 1 saturated carbocycles. The average Bonchev–Trinajstić information content (AvgIpc) is 3.30. The van der Waals surface area contributed by atoms with Gasteiger partial charge in [0.1, 0.15) is 6.54 Å². The third kappa shape index (κ3) is 4.31. The van der Waals surface area contributed by atoms with Crippen LogP contribution in [0, 0.1) is 6.92 Å². The van der Waals surface area contributed by atoms with E-state index in [0.717, 1.165) is 31.2 Å². The van der Waals surface area contributed by atoms with Crippen molar-refractivity contribution in [2.75, 3.05) is 5.32 Å². The van der Waals surface area contributed by atoms with Crippen LogP contribution in [0.25, 0.3) is 11.1 Å². The number of fused-ring (bicyclic) bond motifs is 1. The average molecular weight is 429 g/mol. The van der Waals surface area contributed by atoms with E-state index in [1.807, 2.05) is 19.1 Å². The molecule has 0 unspecified atom stereocenters. The van der Waals surface area contributed by atoms with Crippen molar-refractivity contribution in [2.24, 2.45) is 0 Å². The molecule has 0 aliphatic heterocycles. The van der Waals surface area contributed by atoms with E-state index in [1.165, 1.54) is 22.8 Å². The summed E-state index contributed by atoms with van der Waals surface area (Å²) in [6.07, 6.45) is 3.66. The molecule has 158 valence electrons. The Kier molecular flexibility index (Phi) is 5.48. The molecule has 1 aromatic heterocycles. The lowest BCUT2D eigenvalue weighted by Crippen LogP contribution is -2.32. The Labute approximate surface area is 173 Å². The van der Waals surface area contributed by atoms with Crippen LogP contribution in [-0.2, 0) is 21.4 Å². The number of rotatable bonds is 6. The molecule has 2 N–H and O–H groups in total. The first kappa shape index (κ1) is 20.4. The quantitative estimate of drug-likeness (QED) is 0.626. The molecule has 30 heavy (non-hydrogen) atoms. The number of carbonyl (C=O) groups is 1. The molecule has 0 atom stereocenters. The molecule has 1 aliphatic rings. The van der Waals surface area contributed by atoms with Crippen molar-refractivity contribution in [3.63, 3.8) is 0 Å². The van der Waals surface area contributed by atoms with Gasteiger partial charge in [0.25, 0.3) is 0 Å². The van der Waals surface area contributed by atoms with E-state index < -0.39 is 15.8 Å². The van der Waals surface area contributed by atoms with Gasteiger partial charge in [-0.3, -0.25) is 9.36 Å². The summed E-state index contributed by atoms with van der Waals surface area (Å²) < 4.78 is 34.3. The Morgan fingerprint density at radius 3 is 2.53 bits per heavy atom. The maximum atomic E-state index is 12.6. The Morgan fingerprint density at radius 1 is 1.13 bits per heavy atom. The normalized spacial score (nSPS) is 15.0. The molecule has 0 spiro atoms. The highest BCUT2D eigenvalue weighted by atomic mass is 32.2. The fourth-order valence-electron chi connectivity index (χ4n) is 3.68. The third-order valence-electron chi connectivity index (χ3n) is 5.26. The molecular weight excluding hydrogens is 406 g/mol. The first-order valence-electron chi connectivity index (χ1n) is 9.84. The van der Waals surface area contributed by atoms with E-state index >= 15 is 0 Å². The molecule has 8 nitrogen and oxygen atoms in total. The molecule has 2 aromatic carbocycles. The summed E-state index contributed by atoms with van der Waals surface area (Å²) in [6.45, 7) is 1.70. The fraction of sp³-hybridized carbons (Fsp3) is 0.333. The minimum absolute atomic E-state index is 0.0342. The number of nitrogens with one attached hydrogen (secondary N) is 2. The van der Waals surface area contributed by atoms with Crippen molar-refractivity contribution in [1.82, 2.24) is 9.29 Å². The van der Waals surface area contributed by atoms with Crippen LogP contribution < -0.4 is 15.8 Å². The van der Waals surface area contributed by atoms with Gasteiger partial charge in [-0.25, -0.2) is 17.9 Å². The van der Waals surface area contributed by atoms with Crippen molar-refractivity contribution in [2.45, 2.75) is 50.1 Å². The van der Waals surface area contributed by atoms with Crippen molar-refractivity contribution in [3.05, 3.63) is 58.6 Å². The Bertz CT molecular complexity index is 1240. The number of oxazole rings is 1. The molecule has 3 aromatic rings. The zero-order chi connectivity index (χ0) is 21.3. The highest BCUT2D eigenvalue weighted by Crippen LogP contribution is 2.23. The van der Waals surface area contributed by atoms with Crippen LogP contribution in [0.3, 0.4) is 0 Å². The topological polar surface area (TPSA) is 110 Å².